The molecule has 1 heterocycles. The fourth-order valence-electron chi connectivity index (χ4n) is 2.60. The molecule has 1 amide bonds. The zero-order chi connectivity index (χ0) is 15.0. The van der Waals surface area contributed by atoms with Gasteiger partial charge in [-0.05, 0) is 54.4 Å². The van der Waals surface area contributed by atoms with E-state index in [2.05, 4.69) is 0 Å². The monoisotopic (exact) mass is 280 g/mol. The van der Waals surface area contributed by atoms with E-state index in [1.165, 1.54) is 0 Å². The van der Waals surface area contributed by atoms with Gasteiger partial charge in [-0.2, -0.15) is 0 Å². The van der Waals surface area contributed by atoms with E-state index in [-0.39, 0.29) is 11.7 Å². The van der Waals surface area contributed by atoms with Crippen molar-refractivity contribution in [2.24, 2.45) is 0 Å². The fraction of sp³-hybridized carbons (Fsp3) is 0.176. The summed E-state index contributed by atoms with van der Waals surface area (Å²) < 4.78 is 0. The number of hydrogen-bond acceptors (Lipinski definition) is 3. The first-order chi connectivity index (χ1) is 10.1. The number of nitrogens with zero attached hydrogens (tertiary/aromatic N) is 1. The highest BCUT2D eigenvalue weighted by Crippen LogP contribution is 2.28. The topological polar surface area (TPSA) is 63.4 Å². The molecule has 0 saturated heterocycles. The van der Waals surface area contributed by atoms with Crippen LogP contribution < -0.4 is 10.6 Å². The van der Waals surface area contributed by atoms with Gasteiger partial charge < -0.3 is 10.6 Å². The minimum absolute atomic E-state index is 0.0302. The molecule has 21 heavy (non-hydrogen) atoms. The van der Waals surface area contributed by atoms with Crippen LogP contribution in [0, 0.1) is 0 Å². The number of carbonyl (C=O) groups excluding carboxylic acids is 2. The zero-order valence-electron chi connectivity index (χ0n) is 11.8. The van der Waals surface area contributed by atoms with Gasteiger partial charge in [0.25, 0.3) is 0 Å². The van der Waals surface area contributed by atoms with E-state index in [4.69, 9.17) is 5.73 Å². The Bertz CT molecular complexity index is 720. The lowest BCUT2D eigenvalue weighted by Crippen LogP contribution is -2.31. The van der Waals surface area contributed by atoms with Gasteiger partial charge in [0, 0.05) is 36.0 Å². The molecule has 4 heteroatoms. The molecule has 0 radical (unpaired) electrons. The predicted octanol–water partition coefficient (Wildman–Crippen LogP) is 2.41. The quantitative estimate of drug-likeness (QED) is 0.678. The Morgan fingerprint density at radius 1 is 1.05 bits per heavy atom. The maximum atomic E-state index is 12.5. The molecule has 0 aliphatic carbocycles. The lowest BCUT2D eigenvalue weighted by Gasteiger charge is -2.26. The first kappa shape index (κ1) is 13.4. The van der Waals surface area contributed by atoms with Crippen LogP contribution in [0.15, 0.2) is 42.5 Å². The summed E-state index contributed by atoms with van der Waals surface area (Å²) >= 11 is 0. The van der Waals surface area contributed by atoms with E-state index in [1.54, 1.807) is 42.3 Å². The number of ketones is 1. The number of aryl methyl sites for hydroxylation is 1. The summed E-state index contributed by atoms with van der Waals surface area (Å²) in [6, 6.07) is 12.4. The van der Waals surface area contributed by atoms with Crippen LogP contribution in [0.5, 0.6) is 0 Å². The van der Waals surface area contributed by atoms with Gasteiger partial charge in [-0.15, -0.1) is 0 Å². The van der Waals surface area contributed by atoms with Crippen molar-refractivity contribution < 1.29 is 9.59 Å². The zero-order valence-corrected chi connectivity index (χ0v) is 11.8. The average molecular weight is 280 g/mol. The molecule has 2 N–H and O–H groups in total. The minimum Gasteiger partial charge on any atom is -0.399 e. The first-order valence-electron chi connectivity index (χ1n) is 6.86. The molecule has 0 spiro atoms. The van der Waals surface area contributed by atoms with Gasteiger partial charge in [0.15, 0.2) is 5.78 Å². The van der Waals surface area contributed by atoms with Crippen LogP contribution in [0.3, 0.4) is 0 Å². The van der Waals surface area contributed by atoms with Crippen LogP contribution in [0.1, 0.15) is 27.9 Å². The second kappa shape index (κ2) is 5.05. The Morgan fingerprint density at radius 2 is 1.71 bits per heavy atom. The van der Waals surface area contributed by atoms with Gasteiger partial charge in [0.2, 0.25) is 5.91 Å². The summed E-state index contributed by atoms with van der Waals surface area (Å²) in [6.45, 7) is 0. The summed E-state index contributed by atoms with van der Waals surface area (Å²) in [7, 11) is 1.77. The molecule has 0 aromatic heterocycles. The molecule has 2 aromatic rings. The van der Waals surface area contributed by atoms with Crippen molar-refractivity contribution in [2.45, 2.75) is 12.8 Å². The van der Waals surface area contributed by atoms with E-state index < -0.39 is 0 Å². The van der Waals surface area contributed by atoms with Gasteiger partial charge >= 0.3 is 0 Å². The molecule has 0 bridgehead atoms. The third-order valence-electron chi connectivity index (χ3n) is 3.86. The van der Waals surface area contributed by atoms with E-state index in [9.17, 15) is 9.59 Å². The highest BCUT2D eigenvalue weighted by Gasteiger charge is 2.22. The van der Waals surface area contributed by atoms with Crippen molar-refractivity contribution in [1.82, 2.24) is 0 Å². The van der Waals surface area contributed by atoms with Crippen molar-refractivity contribution in [3.8, 4) is 0 Å². The Hall–Kier alpha value is -2.62. The molecule has 4 nitrogen and oxygen atoms in total. The van der Waals surface area contributed by atoms with Crippen molar-refractivity contribution in [3.05, 3.63) is 59.2 Å². The lowest BCUT2D eigenvalue weighted by atomic mass is 9.95. The van der Waals surface area contributed by atoms with Crippen molar-refractivity contribution in [3.63, 3.8) is 0 Å². The molecular weight excluding hydrogens is 264 g/mol. The maximum Gasteiger partial charge on any atom is 0.227 e. The largest absolute Gasteiger partial charge is 0.399 e. The van der Waals surface area contributed by atoms with Gasteiger partial charge in [-0.1, -0.05) is 0 Å². The number of nitrogens with two attached hydrogens (primary N) is 1. The SMILES string of the molecule is CN1C(=O)CCc2cc(C(=O)c3ccc(N)cc3)ccc21. The second-order valence-electron chi connectivity index (χ2n) is 5.25. The van der Waals surface area contributed by atoms with Gasteiger partial charge in [0.05, 0.1) is 0 Å². The molecule has 2 aromatic carbocycles. The molecule has 106 valence electrons. The number of hydrogen-bond donors (Lipinski definition) is 1. The van der Waals surface area contributed by atoms with E-state index >= 15 is 0 Å². The molecule has 3 rings (SSSR count). The highest BCUT2D eigenvalue weighted by molar-refractivity contribution is 6.09. The van der Waals surface area contributed by atoms with Gasteiger partial charge in [-0.3, -0.25) is 9.59 Å². The number of carbonyl (C=O) groups is 2. The van der Waals surface area contributed by atoms with Gasteiger partial charge in [0.1, 0.15) is 0 Å². The number of rotatable bonds is 2. The Morgan fingerprint density at radius 3 is 2.43 bits per heavy atom. The third kappa shape index (κ3) is 2.40. The van der Waals surface area contributed by atoms with Crippen LogP contribution in [0.4, 0.5) is 11.4 Å². The fourth-order valence-corrected chi connectivity index (χ4v) is 2.60. The number of nitrogen functional groups attached to an aromatic ring is 1. The van der Waals surface area contributed by atoms with Crippen LogP contribution in [0.25, 0.3) is 0 Å². The normalized spacial score (nSPS) is 14.0. The summed E-state index contributed by atoms with van der Waals surface area (Å²) in [5.41, 5.74) is 9.46. The molecule has 0 atom stereocenters. The second-order valence-corrected chi connectivity index (χ2v) is 5.25. The molecule has 0 saturated carbocycles. The van der Waals surface area contributed by atoms with Crippen molar-refractivity contribution >= 4 is 23.1 Å². The molecule has 1 aliphatic rings. The van der Waals surface area contributed by atoms with E-state index in [0.29, 0.717) is 29.7 Å². The Balaban J connectivity index is 1.95. The average Bonchev–Trinajstić information content (AvgIpc) is 2.51. The summed E-state index contributed by atoms with van der Waals surface area (Å²) in [5, 5.41) is 0. The van der Waals surface area contributed by atoms with Crippen LogP contribution in [-0.4, -0.2) is 18.7 Å². The smallest absolute Gasteiger partial charge is 0.227 e. The number of amides is 1. The Kier molecular flexibility index (Phi) is 3.22. The van der Waals surface area contributed by atoms with Crippen molar-refractivity contribution in [2.75, 3.05) is 17.7 Å². The maximum absolute atomic E-state index is 12.5. The molecule has 0 unspecified atom stereocenters. The summed E-state index contributed by atoms with van der Waals surface area (Å²) in [6.07, 6.45) is 1.17. The first-order valence-corrected chi connectivity index (χ1v) is 6.86. The number of anilines is 2. The lowest BCUT2D eigenvalue weighted by molar-refractivity contribution is -0.118. The minimum atomic E-state index is -0.0302. The predicted molar refractivity (Wildman–Crippen MR) is 82.5 cm³/mol. The van der Waals surface area contributed by atoms with Crippen molar-refractivity contribution in [1.29, 1.82) is 0 Å². The number of benzene rings is 2. The highest BCUT2D eigenvalue weighted by atomic mass is 16.2. The van der Waals surface area contributed by atoms with Crippen LogP contribution in [-0.2, 0) is 11.2 Å². The number of fused-ring (bicyclic) bond motifs is 1. The summed E-state index contributed by atoms with van der Waals surface area (Å²) in [4.78, 5) is 25.8. The molecule has 1 aliphatic heterocycles. The third-order valence-corrected chi connectivity index (χ3v) is 3.86. The molecule has 0 fully saturated rings. The Labute approximate surface area is 123 Å². The molecular formula is C17H16N2O2. The standard InChI is InChI=1S/C17H16N2O2/c1-19-15-8-4-13(10-12(15)5-9-16(19)20)17(21)11-2-6-14(18)7-3-11/h2-4,6-8,10H,5,9,18H2,1H3. The van der Waals surface area contributed by atoms with E-state index in [1.807, 2.05) is 12.1 Å². The van der Waals surface area contributed by atoms with Crippen LogP contribution >= 0.6 is 0 Å². The van der Waals surface area contributed by atoms with E-state index in [0.717, 1.165) is 11.3 Å². The van der Waals surface area contributed by atoms with Gasteiger partial charge in [-0.25, -0.2) is 0 Å². The van der Waals surface area contributed by atoms with Crippen LogP contribution in [0.2, 0.25) is 0 Å². The summed E-state index contributed by atoms with van der Waals surface area (Å²) in [5.74, 6) is 0.0810.